The monoisotopic (exact) mass is 291 g/mol. The molecule has 1 aromatic rings. The first-order valence-corrected chi connectivity index (χ1v) is 8.01. The molecule has 3 rings (SSSR count). The molecule has 0 radical (unpaired) electrons. The van der Waals surface area contributed by atoms with Crippen molar-refractivity contribution in [2.75, 3.05) is 20.3 Å². The summed E-state index contributed by atoms with van der Waals surface area (Å²) in [5, 5.41) is 3.64. The number of benzene rings is 1. The van der Waals surface area contributed by atoms with E-state index in [0.29, 0.717) is 6.04 Å². The molecule has 1 saturated heterocycles. The predicted molar refractivity (Wildman–Crippen MR) is 82.0 cm³/mol. The highest BCUT2D eigenvalue weighted by Crippen LogP contribution is 2.39. The number of ether oxygens (including phenoxy) is 3. The molecule has 4 nitrogen and oxygen atoms in total. The number of methoxy groups -OCH3 is 1. The van der Waals surface area contributed by atoms with Crippen molar-refractivity contribution >= 4 is 0 Å². The van der Waals surface area contributed by atoms with Gasteiger partial charge in [0.05, 0.1) is 13.2 Å². The van der Waals surface area contributed by atoms with E-state index in [0.717, 1.165) is 50.3 Å². The predicted octanol–water partition coefficient (Wildman–Crippen LogP) is 3.07. The number of hydrogen-bond acceptors (Lipinski definition) is 4. The lowest BCUT2D eigenvalue weighted by Crippen LogP contribution is -2.40. The maximum atomic E-state index is 6.22. The second-order valence-electron chi connectivity index (χ2n) is 5.85. The Labute approximate surface area is 126 Å². The van der Waals surface area contributed by atoms with Crippen molar-refractivity contribution in [2.45, 2.75) is 50.9 Å². The van der Waals surface area contributed by atoms with Gasteiger partial charge in [-0.05, 0) is 31.9 Å². The number of hydrogen-bond donors (Lipinski definition) is 1. The van der Waals surface area contributed by atoms with Crippen LogP contribution < -0.4 is 14.8 Å². The molecule has 2 aliphatic rings. The van der Waals surface area contributed by atoms with Gasteiger partial charge in [-0.25, -0.2) is 0 Å². The lowest BCUT2D eigenvalue weighted by atomic mass is 9.93. The maximum absolute atomic E-state index is 6.22. The van der Waals surface area contributed by atoms with Crippen molar-refractivity contribution in [3.63, 3.8) is 0 Å². The molecular weight excluding hydrogens is 266 g/mol. The van der Waals surface area contributed by atoms with Crippen molar-refractivity contribution < 1.29 is 14.2 Å². The van der Waals surface area contributed by atoms with Gasteiger partial charge >= 0.3 is 0 Å². The average molecular weight is 291 g/mol. The van der Waals surface area contributed by atoms with Crippen molar-refractivity contribution in [1.29, 1.82) is 0 Å². The Kier molecular flexibility index (Phi) is 4.66. The van der Waals surface area contributed by atoms with E-state index in [4.69, 9.17) is 14.2 Å². The van der Waals surface area contributed by atoms with E-state index in [1.165, 1.54) is 5.56 Å². The number of fused-ring (bicyclic) bond motifs is 1. The summed E-state index contributed by atoms with van der Waals surface area (Å²) in [6.07, 6.45) is 4.72. The lowest BCUT2D eigenvalue weighted by Gasteiger charge is -2.35. The van der Waals surface area contributed by atoms with Gasteiger partial charge in [0.15, 0.2) is 0 Å². The molecule has 3 unspecified atom stereocenters. The molecule has 0 aliphatic carbocycles. The van der Waals surface area contributed by atoms with Gasteiger partial charge in [-0.3, -0.25) is 0 Å². The summed E-state index contributed by atoms with van der Waals surface area (Å²) >= 11 is 0. The van der Waals surface area contributed by atoms with Crippen LogP contribution in [0.3, 0.4) is 0 Å². The molecule has 2 aliphatic heterocycles. The van der Waals surface area contributed by atoms with Crippen LogP contribution in [-0.4, -0.2) is 32.5 Å². The van der Waals surface area contributed by atoms with Crippen LogP contribution in [0.15, 0.2) is 18.2 Å². The summed E-state index contributed by atoms with van der Waals surface area (Å²) in [5.41, 5.74) is 1.23. The van der Waals surface area contributed by atoms with Gasteiger partial charge in [0.1, 0.15) is 17.6 Å². The van der Waals surface area contributed by atoms with E-state index < -0.39 is 0 Å². The Morgan fingerprint density at radius 2 is 2.24 bits per heavy atom. The molecule has 0 amide bonds. The fraction of sp³-hybridized carbons (Fsp3) is 0.647. The molecule has 1 aromatic carbocycles. The Balaban J connectivity index is 1.83. The second-order valence-corrected chi connectivity index (χ2v) is 5.85. The average Bonchev–Trinajstić information content (AvgIpc) is 3.06. The smallest absolute Gasteiger partial charge is 0.128 e. The molecule has 1 N–H and O–H groups in total. The zero-order valence-electron chi connectivity index (χ0n) is 12.9. The Morgan fingerprint density at radius 3 is 2.95 bits per heavy atom. The topological polar surface area (TPSA) is 39.7 Å². The van der Waals surface area contributed by atoms with Crippen molar-refractivity contribution in [3.8, 4) is 11.5 Å². The Morgan fingerprint density at radius 1 is 1.33 bits per heavy atom. The minimum absolute atomic E-state index is 0.140. The van der Waals surface area contributed by atoms with Crippen molar-refractivity contribution in [3.05, 3.63) is 23.8 Å². The zero-order valence-corrected chi connectivity index (χ0v) is 12.9. The van der Waals surface area contributed by atoms with Gasteiger partial charge in [0.25, 0.3) is 0 Å². The van der Waals surface area contributed by atoms with Crippen LogP contribution >= 0.6 is 0 Å². The molecule has 0 bridgehead atoms. The van der Waals surface area contributed by atoms with Gasteiger partial charge in [0.2, 0.25) is 0 Å². The van der Waals surface area contributed by atoms with Crippen LogP contribution in [0.1, 0.15) is 44.2 Å². The summed E-state index contributed by atoms with van der Waals surface area (Å²) in [4.78, 5) is 0. The van der Waals surface area contributed by atoms with E-state index in [1.807, 2.05) is 12.1 Å². The Bertz CT molecular complexity index is 471. The number of rotatable bonds is 5. The van der Waals surface area contributed by atoms with Crippen LogP contribution in [0.25, 0.3) is 0 Å². The fourth-order valence-electron chi connectivity index (χ4n) is 3.24. The van der Waals surface area contributed by atoms with Crippen LogP contribution in [0.4, 0.5) is 0 Å². The summed E-state index contributed by atoms with van der Waals surface area (Å²) in [6.45, 7) is 4.08. The standard InChI is InChI=1S/C17H25NO3/c1-3-8-18-14-11-17(15-5-4-9-20-15)21-16-10-12(19-2)6-7-13(14)16/h6-7,10,14-15,17-18H,3-5,8-9,11H2,1-2H3. The molecule has 2 heterocycles. The minimum Gasteiger partial charge on any atom is -0.497 e. The van der Waals surface area contributed by atoms with E-state index in [-0.39, 0.29) is 12.2 Å². The second kappa shape index (κ2) is 6.67. The van der Waals surface area contributed by atoms with E-state index in [1.54, 1.807) is 7.11 Å². The fourth-order valence-corrected chi connectivity index (χ4v) is 3.24. The van der Waals surface area contributed by atoms with Crippen LogP contribution in [0.2, 0.25) is 0 Å². The summed E-state index contributed by atoms with van der Waals surface area (Å²) in [6, 6.07) is 6.47. The van der Waals surface area contributed by atoms with Gasteiger partial charge in [-0.15, -0.1) is 0 Å². The van der Waals surface area contributed by atoms with Crippen molar-refractivity contribution in [1.82, 2.24) is 5.32 Å². The highest BCUT2D eigenvalue weighted by Gasteiger charge is 2.35. The van der Waals surface area contributed by atoms with Crippen molar-refractivity contribution in [2.24, 2.45) is 0 Å². The number of nitrogens with one attached hydrogen (secondary N) is 1. The molecule has 116 valence electrons. The summed E-state index contributed by atoms with van der Waals surface area (Å²) in [7, 11) is 1.69. The lowest BCUT2D eigenvalue weighted by molar-refractivity contribution is -0.00455. The first-order valence-electron chi connectivity index (χ1n) is 8.01. The largest absolute Gasteiger partial charge is 0.497 e. The van der Waals surface area contributed by atoms with Gasteiger partial charge in [0, 0.05) is 30.7 Å². The first kappa shape index (κ1) is 14.7. The van der Waals surface area contributed by atoms with E-state index in [9.17, 15) is 0 Å². The zero-order chi connectivity index (χ0) is 14.7. The molecule has 0 spiro atoms. The first-order chi connectivity index (χ1) is 10.3. The van der Waals surface area contributed by atoms with Crippen LogP contribution in [0, 0.1) is 0 Å². The van der Waals surface area contributed by atoms with Gasteiger partial charge in [-0.1, -0.05) is 13.0 Å². The summed E-state index contributed by atoms with van der Waals surface area (Å²) < 4.78 is 17.4. The molecule has 0 aromatic heterocycles. The maximum Gasteiger partial charge on any atom is 0.128 e. The summed E-state index contributed by atoms with van der Waals surface area (Å²) in [5.74, 6) is 1.78. The third-order valence-corrected chi connectivity index (χ3v) is 4.36. The van der Waals surface area contributed by atoms with Gasteiger partial charge < -0.3 is 19.5 Å². The van der Waals surface area contributed by atoms with Gasteiger partial charge in [-0.2, -0.15) is 0 Å². The molecule has 3 atom stereocenters. The third-order valence-electron chi connectivity index (χ3n) is 4.36. The molecule has 21 heavy (non-hydrogen) atoms. The van der Waals surface area contributed by atoms with Crippen LogP contribution in [-0.2, 0) is 4.74 Å². The van der Waals surface area contributed by atoms with E-state index in [2.05, 4.69) is 18.3 Å². The quantitative estimate of drug-likeness (QED) is 0.905. The third kappa shape index (κ3) is 3.16. The Hall–Kier alpha value is -1.26. The minimum atomic E-state index is 0.140. The molecule has 0 saturated carbocycles. The van der Waals surface area contributed by atoms with E-state index >= 15 is 0 Å². The highest BCUT2D eigenvalue weighted by atomic mass is 16.5. The molecule has 1 fully saturated rings. The van der Waals surface area contributed by atoms with Crippen LogP contribution in [0.5, 0.6) is 11.5 Å². The normalized spacial score (nSPS) is 28.0. The molecule has 4 heteroatoms. The molecular formula is C17H25NO3. The highest BCUT2D eigenvalue weighted by molar-refractivity contribution is 5.44. The SMILES string of the molecule is CCCNC1CC(C2CCCO2)Oc2cc(OC)ccc21.